The molecule has 7 heteroatoms. The van der Waals surface area contributed by atoms with Gasteiger partial charge in [-0.05, 0) is 18.9 Å². The maximum absolute atomic E-state index is 12.2. The topological polar surface area (TPSA) is 92.4 Å². The summed E-state index contributed by atoms with van der Waals surface area (Å²) in [4.78, 5) is 28.3. The van der Waals surface area contributed by atoms with Crippen LogP contribution in [0.25, 0.3) is 10.2 Å². The van der Waals surface area contributed by atoms with E-state index in [0.717, 1.165) is 24.2 Å². The van der Waals surface area contributed by atoms with Crippen LogP contribution < -0.4 is 10.9 Å². The molecule has 2 heterocycles. The van der Waals surface area contributed by atoms with Gasteiger partial charge in [0.1, 0.15) is 15.1 Å². The van der Waals surface area contributed by atoms with Gasteiger partial charge in [-0.1, -0.05) is 90.4 Å². The van der Waals surface area contributed by atoms with Gasteiger partial charge in [0, 0.05) is 6.54 Å². The van der Waals surface area contributed by atoms with Crippen LogP contribution in [-0.2, 0) is 0 Å². The molecule has 0 aliphatic heterocycles. The van der Waals surface area contributed by atoms with E-state index in [1.807, 2.05) is 0 Å². The number of nitrogens with one attached hydrogen (secondary N) is 1. The lowest BCUT2D eigenvalue weighted by Crippen LogP contribution is -2.08. The lowest BCUT2D eigenvalue weighted by molar-refractivity contribution is 0.0701. The fraction of sp³-hybridized carbons (Fsp3) is 0.708. The predicted octanol–water partition coefficient (Wildman–Crippen LogP) is 7.15. The van der Waals surface area contributed by atoms with Crippen molar-refractivity contribution in [2.24, 2.45) is 0 Å². The van der Waals surface area contributed by atoms with E-state index in [9.17, 15) is 14.7 Å². The average molecular weight is 451 g/mol. The van der Waals surface area contributed by atoms with E-state index in [4.69, 9.17) is 4.42 Å². The number of rotatable bonds is 17. The van der Waals surface area contributed by atoms with E-state index >= 15 is 0 Å². The monoisotopic (exact) mass is 450 g/mol. The van der Waals surface area contributed by atoms with Gasteiger partial charge in [0.25, 0.3) is 6.01 Å². The second-order valence-electron chi connectivity index (χ2n) is 8.37. The van der Waals surface area contributed by atoms with Crippen LogP contribution in [-0.4, -0.2) is 22.6 Å². The number of aromatic carboxylic acids is 1. The van der Waals surface area contributed by atoms with Crippen LogP contribution >= 0.6 is 11.3 Å². The molecule has 0 unspecified atom stereocenters. The first-order chi connectivity index (χ1) is 15.0. The van der Waals surface area contributed by atoms with Gasteiger partial charge in [-0.25, -0.2) is 9.59 Å². The fourth-order valence-corrected chi connectivity index (χ4v) is 4.87. The van der Waals surface area contributed by atoms with E-state index in [-0.39, 0.29) is 16.3 Å². The quantitative estimate of drug-likeness (QED) is 0.249. The van der Waals surface area contributed by atoms with E-state index in [1.165, 1.54) is 77.0 Å². The number of aryl methyl sites for hydroxylation is 1. The Bertz CT molecular complexity index is 859. The second kappa shape index (κ2) is 14.2. The highest BCUT2D eigenvalue weighted by molar-refractivity contribution is 7.20. The molecule has 0 aromatic carbocycles. The lowest BCUT2D eigenvalue weighted by Gasteiger charge is -2.05. The Kier molecular flexibility index (Phi) is 11.6. The molecule has 174 valence electrons. The molecule has 0 aliphatic rings. The van der Waals surface area contributed by atoms with Gasteiger partial charge in [0.2, 0.25) is 0 Å². The molecule has 2 aromatic heterocycles. The van der Waals surface area contributed by atoms with Crippen molar-refractivity contribution in [3.8, 4) is 0 Å². The molecule has 0 radical (unpaired) electrons. The number of carbonyl (C=O) groups is 1. The van der Waals surface area contributed by atoms with Gasteiger partial charge < -0.3 is 14.8 Å². The number of thiophene rings is 1. The summed E-state index contributed by atoms with van der Waals surface area (Å²) in [5.41, 5.74) is -0.109. The normalized spacial score (nSPS) is 11.3. The van der Waals surface area contributed by atoms with E-state index < -0.39 is 11.6 Å². The van der Waals surface area contributed by atoms with Gasteiger partial charge in [-0.3, -0.25) is 0 Å². The molecule has 31 heavy (non-hydrogen) atoms. The second-order valence-corrected chi connectivity index (χ2v) is 9.37. The van der Waals surface area contributed by atoms with Crippen molar-refractivity contribution >= 4 is 33.5 Å². The number of anilines is 1. The van der Waals surface area contributed by atoms with Crippen molar-refractivity contribution in [3.05, 3.63) is 20.9 Å². The molecular formula is C24H38N2O4S. The Morgan fingerprint density at radius 2 is 1.45 bits per heavy atom. The van der Waals surface area contributed by atoms with Crippen LogP contribution in [0.15, 0.2) is 9.21 Å². The number of carboxylic acid groups (broad SMARTS) is 1. The molecule has 2 rings (SSSR count). The Labute approximate surface area is 189 Å². The first-order valence-corrected chi connectivity index (χ1v) is 12.8. The zero-order chi connectivity index (χ0) is 22.5. The fourth-order valence-electron chi connectivity index (χ4n) is 3.87. The van der Waals surface area contributed by atoms with Crippen molar-refractivity contribution in [1.82, 2.24) is 4.98 Å². The Hall–Kier alpha value is -1.89. The summed E-state index contributed by atoms with van der Waals surface area (Å²) in [6.07, 6.45) is 18.4. The zero-order valence-electron chi connectivity index (χ0n) is 19.1. The lowest BCUT2D eigenvalue weighted by atomic mass is 10.0. The molecular weight excluding hydrogens is 412 g/mol. The third kappa shape index (κ3) is 8.63. The standard InChI is InChI=1S/C24H38N2O4S/c1-3-4-5-6-7-8-9-10-11-12-13-14-15-16-17-25-24-26-21-19(23(29)30-24)18(2)20(31-21)22(27)28/h3-17H2,1-2H3,(H,25,26)(H,27,28). The van der Waals surface area contributed by atoms with Gasteiger partial charge in [0.05, 0.1) is 0 Å². The summed E-state index contributed by atoms with van der Waals surface area (Å²) in [7, 11) is 0. The third-order valence-electron chi connectivity index (χ3n) is 5.73. The summed E-state index contributed by atoms with van der Waals surface area (Å²) in [5, 5.41) is 12.5. The summed E-state index contributed by atoms with van der Waals surface area (Å²) in [6, 6.07) is 0.172. The Balaban J connectivity index is 1.54. The molecule has 0 aliphatic carbocycles. The molecule has 0 amide bonds. The average Bonchev–Trinajstić information content (AvgIpc) is 3.08. The number of hydrogen-bond acceptors (Lipinski definition) is 6. The molecule has 2 aromatic rings. The minimum Gasteiger partial charge on any atom is -0.477 e. The van der Waals surface area contributed by atoms with E-state index in [2.05, 4.69) is 17.2 Å². The first kappa shape index (κ1) is 25.4. The molecule has 0 bridgehead atoms. The van der Waals surface area contributed by atoms with Crippen molar-refractivity contribution in [3.63, 3.8) is 0 Å². The van der Waals surface area contributed by atoms with Gasteiger partial charge in [0.15, 0.2) is 0 Å². The Morgan fingerprint density at radius 3 is 1.97 bits per heavy atom. The molecule has 0 saturated heterocycles. The van der Waals surface area contributed by atoms with Crippen LogP contribution in [0, 0.1) is 6.92 Å². The number of hydrogen-bond donors (Lipinski definition) is 2. The highest BCUT2D eigenvalue weighted by Gasteiger charge is 2.19. The van der Waals surface area contributed by atoms with Gasteiger partial charge >= 0.3 is 11.6 Å². The minimum atomic E-state index is -1.04. The summed E-state index contributed by atoms with van der Waals surface area (Å²) in [6.45, 7) is 4.57. The maximum atomic E-state index is 12.2. The molecule has 0 spiro atoms. The summed E-state index contributed by atoms with van der Waals surface area (Å²) in [5.74, 6) is -1.04. The van der Waals surface area contributed by atoms with Crippen LogP contribution in [0.4, 0.5) is 6.01 Å². The van der Waals surface area contributed by atoms with Crippen molar-refractivity contribution < 1.29 is 14.3 Å². The Morgan fingerprint density at radius 1 is 0.935 bits per heavy atom. The number of fused-ring (bicyclic) bond motifs is 1. The number of carboxylic acids is 1. The molecule has 6 nitrogen and oxygen atoms in total. The van der Waals surface area contributed by atoms with E-state index in [1.54, 1.807) is 6.92 Å². The number of unbranched alkanes of at least 4 members (excludes halogenated alkanes) is 13. The highest BCUT2D eigenvalue weighted by Crippen LogP contribution is 2.28. The van der Waals surface area contributed by atoms with Crippen LogP contribution in [0.1, 0.15) is 112 Å². The molecule has 0 atom stereocenters. The zero-order valence-corrected chi connectivity index (χ0v) is 20.0. The molecule has 0 saturated carbocycles. The third-order valence-corrected chi connectivity index (χ3v) is 6.90. The van der Waals surface area contributed by atoms with Gasteiger partial charge in [-0.15, -0.1) is 11.3 Å². The largest absolute Gasteiger partial charge is 0.477 e. The van der Waals surface area contributed by atoms with Crippen molar-refractivity contribution in [2.45, 2.75) is 104 Å². The van der Waals surface area contributed by atoms with Crippen LogP contribution in [0.2, 0.25) is 0 Å². The van der Waals surface area contributed by atoms with Crippen molar-refractivity contribution in [2.75, 3.05) is 11.9 Å². The molecule has 2 N–H and O–H groups in total. The number of aromatic nitrogens is 1. The van der Waals surface area contributed by atoms with Crippen molar-refractivity contribution in [1.29, 1.82) is 0 Å². The van der Waals surface area contributed by atoms with Crippen LogP contribution in [0.3, 0.4) is 0 Å². The minimum absolute atomic E-state index is 0.138. The summed E-state index contributed by atoms with van der Waals surface area (Å²) < 4.78 is 5.22. The maximum Gasteiger partial charge on any atom is 0.349 e. The highest BCUT2D eigenvalue weighted by atomic mass is 32.1. The SMILES string of the molecule is CCCCCCCCCCCCCCCCNc1nc2sc(C(=O)O)c(C)c2c(=O)o1. The summed E-state index contributed by atoms with van der Waals surface area (Å²) >= 11 is 1.01. The van der Waals surface area contributed by atoms with E-state index in [0.29, 0.717) is 16.9 Å². The number of nitrogens with zero attached hydrogens (tertiary/aromatic N) is 1. The first-order valence-electron chi connectivity index (χ1n) is 12.0. The van der Waals surface area contributed by atoms with Crippen LogP contribution in [0.5, 0.6) is 0 Å². The molecule has 0 fully saturated rings. The predicted molar refractivity (Wildman–Crippen MR) is 129 cm³/mol. The smallest absolute Gasteiger partial charge is 0.349 e. The van der Waals surface area contributed by atoms with Gasteiger partial charge in [-0.2, -0.15) is 4.98 Å².